The van der Waals surface area contributed by atoms with Crippen LogP contribution in [-0.2, 0) is 19.5 Å². The summed E-state index contributed by atoms with van der Waals surface area (Å²) < 4.78 is 15.2. The molecule has 18 heavy (non-hydrogen) atoms. The molecule has 0 spiro atoms. The van der Waals surface area contributed by atoms with Crippen molar-refractivity contribution in [1.82, 2.24) is 25.5 Å². The van der Waals surface area contributed by atoms with Crippen molar-refractivity contribution in [1.29, 1.82) is 0 Å². The Balaban J connectivity index is 1.98. The smallest absolute Gasteiger partial charge is 0.165 e. The van der Waals surface area contributed by atoms with Crippen molar-refractivity contribution in [2.75, 3.05) is 6.54 Å². The molecule has 0 fully saturated rings. The van der Waals surface area contributed by atoms with Crippen molar-refractivity contribution in [3.05, 3.63) is 41.5 Å². The zero-order chi connectivity index (χ0) is 12.8. The van der Waals surface area contributed by atoms with Crippen LogP contribution in [0.2, 0.25) is 0 Å². The average molecular weight is 249 g/mol. The predicted octanol–water partition coefficient (Wildman–Crippen LogP) is 1.16. The van der Waals surface area contributed by atoms with E-state index >= 15 is 0 Å². The number of hydrogen-bond donors (Lipinski definition) is 1. The fourth-order valence-corrected chi connectivity index (χ4v) is 1.69. The number of tetrazole rings is 1. The zero-order valence-electron chi connectivity index (χ0n) is 10.3. The number of rotatable bonds is 6. The zero-order valence-corrected chi connectivity index (χ0v) is 10.3. The predicted molar refractivity (Wildman–Crippen MR) is 65.3 cm³/mol. The summed E-state index contributed by atoms with van der Waals surface area (Å²) in [5, 5.41) is 14.6. The van der Waals surface area contributed by atoms with Crippen LogP contribution >= 0.6 is 0 Å². The molecule has 6 heteroatoms. The molecule has 1 aromatic heterocycles. The van der Waals surface area contributed by atoms with Gasteiger partial charge in [0.05, 0.1) is 6.54 Å². The van der Waals surface area contributed by atoms with Gasteiger partial charge in [-0.3, -0.25) is 0 Å². The van der Waals surface area contributed by atoms with E-state index in [-0.39, 0.29) is 5.82 Å². The fourth-order valence-electron chi connectivity index (χ4n) is 1.69. The van der Waals surface area contributed by atoms with Crippen LogP contribution in [0.25, 0.3) is 0 Å². The third-order valence-corrected chi connectivity index (χ3v) is 2.69. The van der Waals surface area contributed by atoms with Crippen molar-refractivity contribution < 1.29 is 4.39 Å². The third-order valence-electron chi connectivity index (χ3n) is 2.69. The minimum absolute atomic E-state index is 0.182. The number of aromatic nitrogens is 4. The molecule has 0 aliphatic rings. The van der Waals surface area contributed by atoms with Crippen LogP contribution in [0.4, 0.5) is 4.39 Å². The van der Waals surface area contributed by atoms with Gasteiger partial charge in [0.25, 0.3) is 0 Å². The highest BCUT2D eigenvalue weighted by atomic mass is 19.1. The first-order valence-corrected chi connectivity index (χ1v) is 6.00. The Hall–Kier alpha value is -1.82. The van der Waals surface area contributed by atoms with Crippen LogP contribution in [-0.4, -0.2) is 26.8 Å². The molecule has 0 atom stereocenters. The van der Waals surface area contributed by atoms with Crippen LogP contribution in [0, 0.1) is 5.82 Å². The molecule has 1 N–H and O–H groups in total. The van der Waals surface area contributed by atoms with Gasteiger partial charge >= 0.3 is 0 Å². The molecule has 1 aromatic carbocycles. The van der Waals surface area contributed by atoms with E-state index in [9.17, 15) is 4.39 Å². The molecule has 0 saturated carbocycles. The maximum atomic E-state index is 13.4. The fraction of sp³-hybridized carbons (Fsp3) is 0.417. The molecule has 0 saturated heterocycles. The topological polar surface area (TPSA) is 55.6 Å². The standard InChI is InChI=1S/C12H16FN5/c1-2-14-9-12-15-16-17-18(12)8-7-10-5-3-4-6-11(10)13/h3-6,14H,2,7-9H2,1H3. The molecule has 96 valence electrons. The Morgan fingerprint density at radius 3 is 2.94 bits per heavy atom. The second-order valence-electron chi connectivity index (χ2n) is 3.94. The average Bonchev–Trinajstić information content (AvgIpc) is 2.83. The van der Waals surface area contributed by atoms with Gasteiger partial charge in [0, 0.05) is 6.54 Å². The van der Waals surface area contributed by atoms with Gasteiger partial charge in [-0.05, 0) is 35.0 Å². The first-order valence-electron chi connectivity index (χ1n) is 6.00. The Bertz CT molecular complexity index is 497. The molecule has 0 bridgehead atoms. The number of hydrogen-bond acceptors (Lipinski definition) is 4. The molecule has 0 radical (unpaired) electrons. The Kier molecular flexibility index (Phi) is 4.35. The number of halogens is 1. The van der Waals surface area contributed by atoms with Gasteiger partial charge < -0.3 is 5.32 Å². The third kappa shape index (κ3) is 3.10. The normalized spacial score (nSPS) is 10.8. The van der Waals surface area contributed by atoms with E-state index in [4.69, 9.17) is 0 Å². The second-order valence-corrected chi connectivity index (χ2v) is 3.94. The number of benzene rings is 1. The van der Waals surface area contributed by atoms with E-state index in [1.807, 2.05) is 13.0 Å². The van der Waals surface area contributed by atoms with Crippen molar-refractivity contribution >= 4 is 0 Å². The van der Waals surface area contributed by atoms with E-state index in [0.717, 1.165) is 12.4 Å². The molecule has 0 unspecified atom stereocenters. The minimum atomic E-state index is -0.182. The van der Waals surface area contributed by atoms with Gasteiger partial charge in [0.2, 0.25) is 0 Å². The lowest BCUT2D eigenvalue weighted by atomic mass is 10.1. The van der Waals surface area contributed by atoms with Crippen molar-refractivity contribution in [3.63, 3.8) is 0 Å². The van der Waals surface area contributed by atoms with Crippen molar-refractivity contribution in [2.24, 2.45) is 0 Å². The number of aryl methyl sites for hydroxylation is 2. The summed E-state index contributed by atoms with van der Waals surface area (Å²) in [5.74, 6) is 0.590. The van der Waals surface area contributed by atoms with Crippen LogP contribution in [0.3, 0.4) is 0 Å². The van der Waals surface area contributed by atoms with Gasteiger partial charge in [-0.15, -0.1) is 5.10 Å². The Labute approximate surface area is 105 Å². The van der Waals surface area contributed by atoms with Crippen LogP contribution in [0.5, 0.6) is 0 Å². The number of nitrogens with zero attached hydrogens (tertiary/aromatic N) is 4. The van der Waals surface area contributed by atoms with E-state index < -0.39 is 0 Å². The van der Waals surface area contributed by atoms with E-state index in [2.05, 4.69) is 20.8 Å². The van der Waals surface area contributed by atoms with E-state index in [0.29, 0.717) is 25.1 Å². The number of nitrogens with one attached hydrogen (secondary N) is 1. The summed E-state index contributed by atoms with van der Waals surface area (Å²) in [6, 6.07) is 6.77. The van der Waals surface area contributed by atoms with Gasteiger partial charge in [-0.1, -0.05) is 25.1 Å². The molecule has 0 aliphatic carbocycles. The highest BCUT2D eigenvalue weighted by molar-refractivity contribution is 5.17. The maximum absolute atomic E-state index is 13.4. The largest absolute Gasteiger partial charge is 0.310 e. The summed E-state index contributed by atoms with van der Waals surface area (Å²) in [4.78, 5) is 0. The van der Waals surface area contributed by atoms with Crippen molar-refractivity contribution in [3.8, 4) is 0 Å². The second kappa shape index (κ2) is 6.20. The Morgan fingerprint density at radius 1 is 1.33 bits per heavy atom. The molecule has 2 aromatic rings. The first-order chi connectivity index (χ1) is 8.81. The molecule has 0 aliphatic heterocycles. The molecule has 0 amide bonds. The first kappa shape index (κ1) is 12.6. The Morgan fingerprint density at radius 2 is 2.17 bits per heavy atom. The molecule has 5 nitrogen and oxygen atoms in total. The lowest BCUT2D eigenvalue weighted by molar-refractivity contribution is 0.532. The molecule has 2 rings (SSSR count). The maximum Gasteiger partial charge on any atom is 0.165 e. The minimum Gasteiger partial charge on any atom is -0.310 e. The van der Waals surface area contributed by atoms with E-state index in [1.54, 1.807) is 16.8 Å². The van der Waals surface area contributed by atoms with Gasteiger partial charge in [-0.2, -0.15) is 0 Å². The highest BCUT2D eigenvalue weighted by Crippen LogP contribution is 2.08. The van der Waals surface area contributed by atoms with Gasteiger partial charge in [0.1, 0.15) is 5.82 Å². The van der Waals surface area contributed by atoms with Crippen molar-refractivity contribution in [2.45, 2.75) is 26.4 Å². The van der Waals surface area contributed by atoms with Gasteiger partial charge in [0.15, 0.2) is 5.82 Å². The molecule has 1 heterocycles. The van der Waals surface area contributed by atoms with E-state index in [1.165, 1.54) is 6.07 Å². The monoisotopic (exact) mass is 249 g/mol. The molecular formula is C12H16FN5. The summed E-state index contributed by atoms with van der Waals surface area (Å²) in [5.41, 5.74) is 0.683. The molecular weight excluding hydrogens is 233 g/mol. The quantitative estimate of drug-likeness (QED) is 0.834. The highest BCUT2D eigenvalue weighted by Gasteiger charge is 2.06. The summed E-state index contributed by atoms with van der Waals surface area (Å²) in [6.45, 7) is 4.09. The SMILES string of the molecule is CCNCc1nnnn1CCc1ccccc1F. The lowest BCUT2D eigenvalue weighted by Gasteiger charge is -2.05. The lowest BCUT2D eigenvalue weighted by Crippen LogP contribution is -2.17. The summed E-state index contributed by atoms with van der Waals surface area (Å²) in [7, 11) is 0. The summed E-state index contributed by atoms with van der Waals surface area (Å²) >= 11 is 0. The summed E-state index contributed by atoms with van der Waals surface area (Å²) in [6.07, 6.45) is 0.580. The van der Waals surface area contributed by atoms with Crippen LogP contribution < -0.4 is 5.32 Å². The van der Waals surface area contributed by atoms with Crippen LogP contribution in [0.15, 0.2) is 24.3 Å². The van der Waals surface area contributed by atoms with Gasteiger partial charge in [-0.25, -0.2) is 9.07 Å². The van der Waals surface area contributed by atoms with Crippen LogP contribution in [0.1, 0.15) is 18.3 Å².